The first-order chi connectivity index (χ1) is 10.7. The third-order valence-electron chi connectivity index (χ3n) is 4.01. The van der Waals surface area contributed by atoms with Gasteiger partial charge in [-0.25, -0.2) is 4.79 Å². The van der Waals surface area contributed by atoms with Crippen LogP contribution in [-0.4, -0.2) is 35.2 Å². The molecular formula is C17H27BrN2O3. The second kappa shape index (κ2) is 7.26. The molecule has 0 aliphatic carbocycles. The molecule has 0 radical (unpaired) electrons. The number of carbonyl (C=O) groups is 1. The topological polar surface area (TPSA) is 54.7 Å². The van der Waals surface area contributed by atoms with Gasteiger partial charge >= 0.3 is 6.09 Å². The third kappa shape index (κ3) is 5.24. The Hall–Kier alpha value is -1.01. The molecule has 1 saturated heterocycles. The van der Waals surface area contributed by atoms with Crippen molar-refractivity contribution in [3.63, 3.8) is 0 Å². The number of nitrogens with zero attached hydrogens (tertiary/aromatic N) is 1. The normalized spacial score (nSPS) is 23.7. The van der Waals surface area contributed by atoms with Gasteiger partial charge in [0.15, 0.2) is 4.67 Å². The highest BCUT2D eigenvalue weighted by Gasteiger charge is 2.32. The first kappa shape index (κ1) is 18.3. The van der Waals surface area contributed by atoms with Gasteiger partial charge in [-0.05, 0) is 75.5 Å². The molecule has 3 atom stereocenters. The standard InChI is InChI=1S/C17H27BrN2O3/c1-11-10-13(19-12(2)14-6-7-15(18)22-14)8-9-20(11)16(21)23-17(3,4)5/h6-7,11-13,19H,8-10H2,1-5H3. The van der Waals surface area contributed by atoms with E-state index in [1.807, 2.05) is 37.8 Å². The molecule has 2 heterocycles. The summed E-state index contributed by atoms with van der Waals surface area (Å²) in [6, 6.07) is 4.54. The van der Waals surface area contributed by atoms with Crippen molar-refractivity contribution in [1.29, 1.82) is 0 Å². The SMILES string of the molecule is CC(NC1CCN(C(=O)OC(C)(C)C)C(C)C1)c1ccc(Br)o1. The summed E-state index contributed by atoms with van der Waals surface area (Å²) in [4.78, 5) is 14.1. The molecule has 5 nitrogen and oxygen atoms in total. The van der Waals surface area contributed by atoms with E-state index in [4.69, 9.17) is 9.15 Å². The van der Waals surface area contributed by atoms with Gasteiger partial charge in [-0.1, -0.05) is 0 Å². The molecule has 1 aromatic rings. The van der Waals surface area contributed by atoms with Crippen molar-refractivity contribution >= 4 is 22.0 Å². The molecule has 0 spiro atoms. The number of ether oxygens (including phenoxy) is 1. The molecule has 1 fully saturated rings. The summed E-state index contributed by atoms with van der Waals surface area (Å²) in [5, 5.41) is 3.59. The molecule has 130 valence electrons. The van der Waals surface area contributed by atoms with E-state index in [-0.39, 0.29) is 18.2 Å². The smallest absolute Gasteiger partial charge is 0.410 e. The molecule has 1 aliphatic heterocycles. The van der Waals surface area contributed by atoms with Gasteiger partial charge in [0.2, 0.25) is 0 Å². The summed E-state index contributed by atoms with van der Waals surface area (Å²) in [5.41, 5.74) is -0.451. The Morgan fingerprint density at radius 1 is 1.48 bits per heavy atom. The fraction of sp³-hybridized carbons (Fsp3) is 0.706. The van der Waals surface area contributed by atoms with Crippen molar-refractivity contribution < 1.29 is 13.9 Å². The van der Waals surface area contributed by atoms with E-state index in [1.165, 1.54) is 0 Å². The highest BCUT2D eigenvalue weighted by atomic mass is 79.9. The predicted octanol–water partition coefficient (Wildman–Crippen LogP) is 4.48. The van der Waals surface area contributed by atoms with Crippen molar-refractivity contribution in [1.82, 2.24) is 10.2 Å². The lowest BCUT2D eigenvalue weighted by Gasteiger charge is -2.39. The number of amides is 1. The number of halogens is 1. The molecule has 1 aromatic heterocycles. The fourth-order valence-electron chi connectivity index (χ4n) is 2.91. The maximum absolute atomic E-state index is 12.2. The highest BCUT2D eigenvalue weighted by Crippen LogP contribution is 2.25. The largest absolute Gasteiger partial charge is 0.453 e. The average molecular weight is 387 g/mol. The Morgan fingerprint density at radius 2 is 2.17 bits per heavy atom. The van der Waals surface area contributed by atoms with Gasteiger partial charge in [0, 0.05) is 18.6 Å². The summed E-state index contributed by atoms with van der Waals surface area (Å²) in [6.45, 7) is 10.6. The lowest BCUT2D eigenvalue weighted by atomic mass is 9.97. The zero-order valence-corrected chi connectivity index (χ0v) is 16.1. The number of rotatable bonds is 3. The second-order valence-electron chi connectivity index (χ2n) is 7.27. The van der Waals surface area contributed by atoms with Crippen LogP contribution in [0.25, 0.3) is 0 Å². The summed E-state index contributed by atoms with van der Waals surface area (Å²) in [7, 11) is 0. The van der Waals surface area contributed by atoms with Crippen LogP contribution in [0, 0.1) is 0 Å². The van der Waals surface area contributed by atoms with E-state index in [0.29, 0.717) is 12.6 Å². The Morgan fingerprint density at radius 3 is 2.70 bits per heavy atom. The third-order valence-corrected chi connectivity index (χ3v) is 4.44. The Kier molecular flexibility index (Phi) is 5.79. The van der Waals surface area contributed by atoms with Gasteiger partial charge in [-0.3, -0.25) is 0 Å². The van der Waals surface area contributed by atoms with Gasteiger partial charge in [0.1, 0.15) is 11.4 Å². The summed E-state index contributed by atoms with van der Waals surface area (Å²) in [6.07, 6.45) is 1.60. The quantitative estimate of drug-likeness (QED) is 0.831. The van der Waals surface area contributed by atoms with Gasteiger partial charge in [-0.2, -0.15) is 0 Å². The zero-order chi connectivity index (χ0) is 17.2. The predicted molar refractivity (Wildman–Crippen MR) is 93.4 cm³/mol. The Balaban J connectivity index is 1.87. The van der Waals surface area contributed by atoms with E-state index < -0.39 is 5.60 Å². The Bertz CT molecular complexity index is 538. The van der Waals surface area contributed by atoms with Crippen LogP contribution in [0.3, 0.4) is 0 Å². The molecular weight excluding hydrogens is 360 g/mol. The van der Waals surface area contributed by atoms with Gasteiger partial charge in [0.05, 0.1) is 6.04 Å². The van der Waals surface area contributed by atoms with E-state index >= 15 is 0 Å². The van der Waals surface area contributed by atoms with Crippen molar-refractivity contribution in [2.24, 2.45) is 0 Å². The maximum Gasteiger partial charge on any atom is 0.410 e. The summed E-state index contributed by atoms with van der Waals surface area (Å²) in [5.74, 6) is 0.916. The molecule has 1 aliphatic rings. The monoisotopic (exact) mass is 386 g/mol. The van der Waals surface area contributed by atoms with E-state index in [2.05, 4.69) is 35.1 Å². The minimum Gasteiger partial charge on any atom is -0.453 e. The first-order valence-corrected chi connectivity index (χ1v) is 8.96. The molecule has 23 heavy (non-hydrogen) atoms. The molecule has 0 aromatic carbocycles. The Labute approximate surface area is 146 Å². The number of piperidine rings is 1. The van der Waals surface area contributed by atoms with Crippen LogP contribution in [0.1, 0.15) is 59.3 Å². The van der Waals surface area contributed by atoms with E-state index in [9.17, 15) is 4.79 Å². The van der Waals surface area contributed by atoms with E-state index in [1.54, 1.807) is 0 Å². The molecule has 2 rings (SSSR count). The number of furan rings is 1. The van der Waals surface area contributed by atoms with Crippen LogP contribution >= 0.6 is 15.9 Å². The summed E-state index contributed by atoms with van der Waals surface area (Å²) >= 11 is 3.33. The van der Waals surface area contributed by atoms with Crippen molar-refractivity contribution in [2.75, 3.05) is 6.54 Å². The van der Waals surface area contributed by atoms with Gasteiger partial charge in [-0.15, -0.1) is 0 Å². The summed E-state index contributed by atoms with van der Waals surface area (Å²) < 4.78 is 11.8. The van der Waals surface area contributed by atoms with Crippen LogP contribution in [0.15, 0.2) is 21.2 Å². The molecule has 0 bridgehead atoms. The number of hydrogen-bond acceptors (Lipinski definition) is 4. The number of likely N-dealkylation sites (tertiary alicyclic amines) is 1. The first-order valence-electron chi connectivity index (χ1n) is 8.16. The van der Waals surface area contributed by atoms with Crippen LogP contribution in [0.5, 0.6) is 0 Å². The zero-order valence-electron chi connectivity index (χ0n) is 14.6. The van der Waals surface area contributed by atoms with Crippen LogP contribution in [0.4, 0.5) is 4.79 Å². The molecule has 1 N–H and O–H groups in total. The van der Waals surface area contributed by atoms with Gasteiger partial charge < -0.3 is 19.4 Å². The fourth-order valence-corrected chi connectivity index (χ4v) is 3.23. The lowest BCUT2D eigenvalue weighted by molar-refractivity contribution is 0.00895. The van der Waals surface area contributed by atoms with Crippen LogP contribution < -0.4 is 5.32 Å². The lowest BCUT2D eigenvalue weighted by Crippen LogP contribution is -2.51. The van der Waals surface area contributed by atoms with Gasteiger partial charge in [0.25, 0.3) is 0 Å². The average Bonchev–Trinajstić information content (AvgIpc) is 2.83. The van der Waals surface area contributed by atoms with Crippen molar-refractivity contribution in [2.45, 2.75) is 71.2 Å². The van der Waals surface area contributed by atoms with E-state index in [0.717, 1.165) is 23.3 Å². The van der Waals surface area contributed by atoms with Crippen molar-refractivity contribution in [3.8, 4) is 0 Å². The molecule has 6 heteroatoms. The minimum atomic E-state index is -0.451. The van der Waals surface area contributed by atoms with Crippen molar-refractivity contribution in [3.05, 3.63) is 22.6 Å². The highest BCUT2D eigenvalue weighted by molar-refractivity contribution is 9.10. The number of carbonyl (C=O) groups excluding carboxylic acids is 1. The molecule has 3 unspecified atom stereocenters. The molecule has 0 saturated carbocycles. The number of nitrogens with one attached hydrogen (secondary N) is 1. The van der Waals surface area contributed by atoms with Crippen LogP contribution in [-0.2, 0) is 4.74 Å². The van der Waals surface area contributed by atoms with Crippen LogP contribution in [0.2, 0.25) is 0 Å². The maximum atomic E-state index is 12.2. The number of hydrogen-bond donors (Lipinski definition) is 1. The molecule has 1 amide bonds. The minimum absolute atomic E-state index is 0.145. The second-order valence-corrected chi connectivity index (χ2v) is 8.06.